The second-order valence-corrected chi connectivity index (χ2v) is 3.06. The van der Waals surface area contributed by atoms with Crippen LogP contribution < -0.4 is 5.73 Å². The van der Waals surface area contributed by atoms with Gasteiger partial charge in [0.2, 0.25) is 5.91 Å². The van der Waals surface area contributed by atoms with Crippen molar-refractivity contribution in [3.05, 3.63) is 34.1 Å². The number of nitrogens with two attached hydrogens (primary N) is 1. The minimum atomic E-state index is -0.545. The monoisotopic (exact) mass is 216 g/mol. The number of rotatable bonds is 2. The van der Waals surface area contributed by atoms with Gasteiger partial charge in [-0.25, -0.2) is 4.98 Å². The van der Waals surface area contributed by atoms with Gasteiger partial charge in [0.1, 0.15) is 5.15 Å². The van der Waals surface area contributed by atoms with Crippen LogP contribution in [0.4, 0.5) is 0 Å². The molecule has 0 saturated heterocycles. The molecular formula is C8H6Cl2N2O. The zero-order valence-corrected chi connectivity index (χ0v) is 8.01. The summed E-state index contributed by atoms with van der Waals surface area (Å²) in [4.78, 5) is 14.2. The number of carbonyl (C=O) groups excluding carboxylic acids is 1. The van der Waals surface area contributed by atoms with Crippen LogP contribution in [0.15, 0.2) is 18.3 Å². The lowest BCUT2D eigenvalue weighted by Gasteiger charge is -1.96. The number of pyridine rings is 1. The van der Waals surface area contributed by atoms with E-state index in [1.807, 2.05) is 0 Å². The van der Waals surface area contributed by atoms with Gasteiger partial charge in [-0.3, -0.25) is 4.79 Å². The highest BCUT2D eigenvalue weighted by Gasteiger charge is 1.98. The van der Waals surface area contributed by atoms with E-state index in [1.54, 1.807) is 6.07 Å². The molecule has 0 spiro atoms. The van der Waals surface area contributed by atoms with Gasteiger partial charge in [-0.1, -0.05) is 23.2 Å². The Hall–Kier alpha value is -1.06. The molecule has 5 heteroatoms. The van der Waals surface area contributed by atoms with Crippen molar-refractivity contribution in [2.45, 2.75) is 0 Å². The maximum atomic E-state index is 10.4. The molecule has 1 aromatic rings. The predicted molar refractivity (Wildman–Crippen MR) is 52.5 cm³/mol. The van der Waals surface area contributed by atoms with Gasteiger partial charge < -0.3 is 5.73 Å². The van der Waals surface area contributed by atoms with Crippen molar-refractivity contribution in [1.82, 2.24) is 4.98 Å². The number of amides is 1. The van der Waals surface area contributed by atoms with E-state index in [2.05, 4.69) is 4.98 Å². The maximum Gasteiger partial charge on any atom is 0.241 e. The van der Waals surface area contributed by atoms with Gasteiger partial charge in [-0.05, 0) is 12.1 Å². The SMILES string of the molecule is NC(=O)C=Cc1cc(Cl)cnc1Cl. The third-order valence-electron chi connectivity index (χ3n) is 1.26. The molecule has 1 aromatic heterocycles. The number of hydrogen-bond acceptors (Lipinski definition) is 2. The highest BCUT2D eigenvalue weighted by molar-refractivity contribution is 6.33. The molecule has 0 saturated carbocycles. The Bertz CT molecular complexity index is 363. The summed E-state index contributed by atoms with van der Waals surface area (Å²) < 4.78 is 0. The summed E-state index contributed by atoms with van der Waals surface area (Å²) in [5, 5.41) is 0.732. The maximum absolute atomic E-state index is 10.4. The Labute approximate surface area is 85.2 Å². The summed E-state index contributed by atoms with van der Waals surface area (Å²) in [7, 11) is 0. The zero-order valence-electron chi connectivity index (χ0n) is 6.50. The predicted octanol–water partition coefficient (Wildman–Crippen LogP) is 1.89. The smallest absolute Gasteiger partial charge is 0.241 e. The van der Waals surface area contributed by atoms with Crippen molar-refractivity contribution in [3.63, 3.8) is 0 Å². The molecule has 0 bridgehead atoms. The van der Waals surface area contributed by atoms with Crippen molar-refractivity contribution in [2.24, 2.45) is 5.73 Å². The lowest BCUT2D eigenvalue weighted by Crippen LogP contribution is -2.05. The van der Waals surface area contributed by atoms with Crippen molar-refractivity contribution in [1.29, 1.82) is 0 Å². The lowest BCUT2D eigenvalue weighted by atomic mass is 10.2. The van der Waals surface area contributed by atoms with Gasteiger partial charge in [0.05, 0.1) is 5.02 Å². The summed E-state index contributed by atoms with van der Waals surface area (Å²) >= 11 is 11.4. The first-order chi connectivity index (χ1) is 6.09. The number of aromatic nitrogens is 1. The van der Waals surface area contributed by atoms with E-state index < -0.39 is 5.91 Å². The quantitative estimate of drug-likeness (QED) is 0.607. The Morgan fingerprint density at radius 2 is 2.23 bits per heavy atom. The third-order valence-corrected chi connectivity index (χ3v) is 1.78. The number of nitrogens with zero attached hydrogens (tertiary/aromatic N) is 1. The fourth-order valence-electron chi connectivity index (χ4n) is 0.727. The molecule has 13 heavy (non-hydrogen) atoms. The summed E-state index contributed by atoms with van der Waals surface area (Å²) in [6.45, 7) is 0. The van der Waals surface area contributed by atoms with E-state index >= 15 is 0 Å². The van der Waals surface area contributed by atoms with Gasteiger partial charge in [0.15, 0.2) is 0 Å². The largest absolute Gasteiger partial charge is 0.366 e. The van der Waals surface area contributed by atoms with E-state index in [0.717, 1.165) is 0 Å². The molecule has 0 atom stereocenters. The van der Waals surface area contributed by atoms with Crippen LogP contribution in [-0.2, 0) is 4.79 Å². The van der Waals surface area contributed by atoms with Crippen LogP contribution >= 0.6 is 23.2 Å². The molecule has 68 valence electrons. The molecule has 0 radical (unpaired) electrons. The number of carbonyl (C=O) groups is 1. The molecule has 1 heterocycles. The Kier molecular flexibility index (Phi) is 3.28. The second-order valence-electron chi connectivity index (χ2n) is 2.27. The van der Waals surface area contributed by atoms with Crippen LogP contribution in [0.3, 0.4) is 0 Å². The van der Waals surface area contributed by atoms with Crippen molar-refractivity contribution >= 4 is 35.2 Å². The minimum absolute atomic E-state index is 0.280. The van der Waals surface area contributed by atoms with E-state index in [-0.39, 0.29) is 5.15 Å². The van der Waals surface area contributed by atoms with Gasteiger partial charge in [-0.15, -0.1) is 0 Å². The van der Waals surface area contributed by atoms with E-state index in [9.17, 15) is 4.79 Å². The van der Waals surface area contributed by atoms with Crippen molar-refractivity contribution < 1.29 is 4.79 Å². The summed E-state index contributed by atoms with van der Waals surface area (Å²) in [5.41, 5.74) is 5.47. The van der Waals surface area contributed by atoms with Crippen molar-refractivity contribution in [3.8, 4) is 0 Å². The van der Waals surface area contributed by atoms with E-state index in [4.69, 9.17) is 28.9 Å². The van der Waals surface area contributed by atoms with Crippen molar-refractivity contribution in [2.75, 3.05) is 0 Å². The fourth-order valence-corrected chi connectivity index (χ4v) is 1.06. The fraction of sp³-hybridized carbons (Fsp3) is 0. The topological polar surface area (TPSA) is 56.0 Å². The summed E-state index contributed by atoms with van der Waals surface area (Å²) in [6, 6.07) is 1.59. The molecule has 0 aliphatic heterocycles. The number of halogens is 2. The highest BCUT2D eigenvalue weighted by Crippen LogP contribution is 2.18. The molecule has 1 rings (SSSR count). The molecule has 3 nitrogen and oxygen atoms in total. The molecule has 0 aliphatic rings. The van der Waals surface area contributed by atoms with Crippen LogP contribution in [-0.4, -0.2) is 10.9 Å². The Balaban J connectivity index is 3.00. The van der Waals surface area contributed by atoms with E-state index in [1.165, 1.54) is 18.3 Å². The van der Waals surface area contributed by atoms with Gasteiger partial charge in [0.25, 0.3) is 0 Å². The minimum Gasteiger partial charge on any atom is -0.366 e. The van der Waals surface area contributed by atoms with Crippen LogP contribution in [0.1, 0.15) is 5.56 Å². The highest BCUT2D eigenvalue weighted by atomic mass is 35.5. The molecule has 1 amide bonds. The first-order valence-corrected chi connectivity index (χ1v) is 4.14. The van der Waals surface area contributed by atoms with Crippen LogP contribution in [0.2, 0.25) is 10.2 Å². The average molecular weight is 217 g/mol. The third kappa shape index (κ3) is 3.05. The molecule has 0 fully saturated rings. The summed E-state index contributed by atoms with van der Waals surface area (Å²) in [5.74, 6) is -0.545. The normalized spacial score (nSPS) is 10.6. The first-order valence-electron chi connectivity index (χ1n) is 3.38. The lowest BCUT2D eigenvalue weighted by molar-refractivity contribution is -0.113. The van der Waals surface area contributed by atoms with E-state index in [0.29, 0.717) is 10.6 Å². The Morgan fingerprint density at radius 3 is 2.85 bits per heavy atom. The molecule has 0 aromatic carbocycles. The first kappa shape index (κ1) is 10.0. The number of hydrogen-bond donors (Lipinski definition) is 1. The standard InChI is InChI=1S/C8H6Cl2N2O/c9-6-3-5(1-2-7(11)13)8(10)12-4-6/h1-4H,(H2,11,13). The number of primary amides is 1. The average Bonchev–Trinajstić information content (AvgIpc) is 2.06. The van der Waals surface area contributed by atoms with Crippen LogP contribution in [0, 0.1) is 0 Å². The molecule has 0 unspecified atom stereocenters. The molecular weight excluding hydrogens is 211 g/mol. The molecule has 0 aliphatic carbocycles. The summed E-state index contributed by atoms with van der Waals surface area (Å²) in [6.07, 6.45) is 4.08. The zero-order chi connectivity index (χ0) is 9.84. The van der Waals surface area contributed by atoms with Gasteiger partial charge in [0, 0.05) is 17.8 Å². The Morgan fingerprint density at radius 1 is 1.54 bits per heavy atom. The van der Waals surface area contributed by atoms with Gasteiger partial charge in [-0.2, -0.15) is 0 Å². The van der Waals surface area contributed by atoms with Gasteiger partial charge >= 0.3 is 0 Å². The second kappa shape index (κ2) is 4.25. The van der Waals surface area contributed by atoms with Crippen LogP contribution in [0.25, 0.3) is 6.08 Å². The molecule has 2 N–H and O–H groups in total. The van der Waals surface area contributed by atoms with Crippen LogP contribution in [0.5, 0.6) is 0 Å².